The van der Waals surface area contributed by atoms with Crippen LogP contribution in [-0.4, -0.2) is 81.3 Å². The van der Waals surface area contributed by atoms with Crippen molar-refractivity contribution in [3.05, 3.63) is 23.3 Å². The average Bonchev–Trinajstić information content (AvgIpc) is 3.13. The number of aromatic hydroxyl groups is 1. The summed E-state index contributed by atoms with van der Waals surface area (Å²) < 4.78 is 4.95. The van der Waals surface area contributed by atoms with Gasteiger partial charge in [-0.25, -0.2) is 4.79 Å². The van der Waals surface area contributed by atoms with Gasteiger partial charge in [0.05, 0.1) is 12.9 Å². The fourth-order valence-corrected chi connectivity index (χ4v) is 4.29. The molecular formula is C17H25BN2O7S. The number of nitrogens with two attached hydrogens (primary N) is 1. The summed E-state index contributed by atoms with van der Waals surface area (Å²) in [5.41, 5.74) is 5.51. The van der Waals surface area contributed by atoms with E-state index in [1.165, 1.54) is 19.2 Å². The number of carboxylic acids is 1. The zero-order chi connectivity index (χ0) is 20.8. The van der Waals surface area contributed by atoms with E-state index in [2.05, 4.69) is 0 Å². The normalized spacial score (nSPS) is 17.4. The highest BCUT2D eigenvalue weighted by Crippen LogP contribution is 2.33. The molecular weight excluding hydrogens is 387 g/mol. The van der Waals surface area contributed by atoms with Gasteiger partial charge in [0, 0.05) is 24.3 Å². The molecule has 0 spiro atoms. The van der Waals surface area contributed by atoms with Gasteiger partial charge in [-0.1, -0.05) is 6.07 Å². The molecule has 1 fully saturated rings. The lowest BCUT2D eigenvalue weighted by atomic mass is 9.81. The highest BCUT2D eigenvalue weighted by atomic mass is 32.2. The number of phenols is 1. The zero-order valence-electron chi connectivity index (χ0n) is 15.6. The Hall–Kier alpha value is -1.95. The third-order valence-electron chi connectivity index (χ3n) is 4.80. The minimum Gasteiger partial charge on any atom is -0.507 e. The number of rotatable bonds is 9. The Balaban J connectivity index is 2.10. The fourth-order valence-electron chi connectivity index (χ4n) is 3.29. The SMILES string of the molecule is COc1ccc(CC(SCC(=O)N2CCCC2CN)B(O)O)c(O)c1C(=O)O. The molecule has 0 bridgehead atoms. The number of carbonyl (C=O) groups excluding carboxylic acids is 1. The van der Waals surface area contributed by atoms with Crippen molar-refractivity contribution in [2.75, 3.05) is 26.0 Å². The van der Waals surface area contributed by atoms with E-state index in [4.69, 9.17) is 10.5 Å². The van der Waals surface area contributed by atoms with E-state index in [1.807, 2.05) is 0 Å². The van der Waals surface area contributed by atoms with Crippen molar-refractivity contribution < 1.29 is 34.6 Å². The standard InChI is InChI=1S/C17H25BN2O7S/c1-27-12-5-4-10(16(22)15(12)17(23)24)7-13(18(25)26)28-9-14(21)20-6-2-3-11(20)8-19/h4-5,11,13,22,25-26H,2-3,6-9,19H2,1H3,(H,23,24). The van der Waals surface area contributed by atoms with Crippen LogP contribution >= 0.6 is 11.8 Å². The quantitative estimate of drug-likeness (QED) is 0.344. The Morgan fingerprint density at radius 2 is 2.14 bits per heavy atom. The number of hydrogen-bond donors (Lipinski definition) is 5. The molecule has 1 aromatic carbocycles. The predicted octanol–water partition coefficient (Wildman–Crippen LogP) is -0.295. The topological polar surface area (TPSA) is 154 Å². The van der Waals surface area contributed by atoms with E-state index >= 15 is 0 Å². The van der Waals surface area contributed by atoms with E-state index in [0.29, 0.717) is 13.1 Å². The van der Waals surface area contributed by atoms with Crippen molar-refractivity contribution in [1.29, 1.82) is 0 Å². The van der Waals surface area contributed by atoms with Gasteiger partial charge < -0.3 is 35.6 Å². The van der Waals surface area contributed by atoms with Gasteiger partial charge in [0.15, 0.2) is 0 Å². The van der Waals surface area contributed by atoms with Crippen LogP contribution in [0.15, 0.2) is 12.1 Å². The summed E-state index contributed by atoms with van der Waals surface area (Å²) in [4.78, 5) is 25.5. The summed E-state index contributed by atoms with van der Waals surface area (Å²) in [5, 5.41) is 38.1. The molecule has 11 heteroatoms. The number of carboxylic acid groups (broad SMARTS) is 1. The van der Waals surface area contributed by atoms with Gasteiger partial charge in [0.25, 0.3) is 0 Å². The first-order chi connectivity index (χ1) is 13.3. The van der Waals surface area contributed by atoms with Gasteiger partial charge in [-0.3, -0.25) is 4.79 Å². The summed E-state index contributed by atoms with van der Waals surface area (Å²) in [6, 6.07) is 2.86. The van der Waals surface area contributed by atoms with Crippen molar-refractivity contribution in [2.24, 2.45) is 5.73 Å². The number of aromatic carboxylic acids is 1. The Bertz CT molecular complexity index is 719. The van der Waals surface area contributed by atoms with Gasteiger partial charge in [-0.05, 0) is 30.9 Å². The van der Waals surface area contributed by atoms with E-state index in [9.17, 15) is 29.9 Å². The number of ether oxygens (including phenoxy) is 1. The average molecular weight is 412 g/mol. The second-order valence-electron chi connectivity index (χ2n) is 6.54. The molecule has 1 amide bonds. The maximum absolute atomic E-state index is 12.4. The molecule has 2 atom stereocenters. The molecule has 1 saturated heterocycles. The van der Waals surface area contributed by atoms with Crippen LogP contribution in [0.2, 0.25) is 0 Å². The lowest BCUT2D eigenvalue weighted by molar-refractivity contribution is -0.128. The highest BCUT2D eigenvalue weighted by molar-refractivity contribution is 8.01. The molecule has 0 aromatic heterocycles. The van der Waals surface area contributed by atoms with Crippen LogP contribution in [0.5, 0.6) is 11.5 Å². The van der Waals surface area contributed by atoms with Crippen LogP contribution in [0.1, 0.15) is 28.8 Å². The Morgan fingerprint density at radius 3 is 2.71 bits per heavy atom. The van der Waals surface area contributed by atoms with Crippen LogP contribution in [-0.2, 0) is 11.2 Å². The van der Waals surface area contributed by atoms with Crippen molar-refractivity contribution >= 4 is 30.8 Å². The Labute approximate surface area is 167 Å². The van der Waals surface area contributed by atoms with E-state index in [1.54, 1.807) is 4.90 Å². The summed E-state index contributed by atoms with van der Waals surface area (Å²) >= 11 is 1.04. The van der Waals surface area contributed by atoms with Crippen LogP contribution in [0.3, 0.4) is 0 Å². The van der Waals surface area contributed by atoms with Gasteiger partial charge in [-0.2, -0.15) is 11.8 Å². The van der Waals surface area contributed by atoms with Crippen LogP contribution in [0.4, 0.5) is 0 Å². The van der Waals surface area contributed by atoms with Crippen molar-refractivity contribution in [3.63, 3.8) is 0 Å². The first-order valence-electron chi connectivity index (χ1n) is 8.89. The molecule has 1 aliphatic heterocycles. The maximum Gasteiger partial charge on any atom is 0.465 e. The largest absolute Gasteiger partial charge is 0.507 e. The summed E-state index contributed by atoms with van der Waals surface area (Å²) in [5.74, 6) is -1.95. The van der Waals surface area contributed by atoms with Crippen molar-refractivity contribution in [1.82, 2.24) is 4.90 Å². The van der Waals surface area contributed by atoms with Crippen LogP contribution in [0, 0.1) is 0 Å². The number of likely N-dealkylation sites (tertiary alicyclic amines) is 1. The Kier molecular flexibility index (Phi) is 7.99. The minimum absolute atomic E-state index is 0.000428. The number of thioether (sulfide) groups is 1. The smallest absolute Gasteiger partial charge is 0.465 e. The molecule has 2 unspecified atom stereocenters. The van der Waals surface area contributed by atoms with Crippen LogP contribution < -0.4 is 10.5 Å². The molecule has 0 saturated carbocycles. The molecule has 28 heavy (non-hydrogen) atoms. The minimum atomic E-state index is -1.75. The van der Waals surface area contributed by atoms with E-state index in [0.717, 1.165) is 24.6 Å². The van der Waals surface area contributed by atoms with E-state index < -0.39 is 29.5 Å². The molecule has 6 N–H and O–H groups in total. The molecule has 9 nitrogen and oxygen atoms in total. The number of amides is 1. The number of hydrogen-bond acceptors (Lipinski definition) is 8. The third-order valence-corrected chi connectivity index (χ3v) is 6.05. The number of nitrogens with zero attached hydrogens (tertiary/aromatic N) is 1. The second kappa shape index (κ2) is 10.0. The van der Waals surface area contributed by atoms with E-state index in [-0.39, 0.29) is 35.4 Å². The lowest BCUT2D eigenvalue weighted by Gasteiger charge is -2.24. The number of benzene rings is 1. The monoisotopic (exact) mass is 412 g/mol. The summed E-state index contributed by atoms with van der Waals surface area (Å²) in [7, 11) is -0.466. The molecule has 0 radical (unpaired) electrons. The summed E-state index contributed by atoms with van der Waals surface area (Å²) in [6.45, 7) is 1.02. The maximum atomic E-state index is 12.4. The molecule has 2 rings (SSSR count). The second-order valence-corrected chi connectivity index (χ2v) is 7.77. The van der Waals surface area contributed by atoms with Crippen molar-refractivity contribution in [3.8, 4) is 11.5 Å². The van der Waals surface area contributed by atoms with Crippen LogP contribution in [0.25, 0.3) is 0 Å². The molecule has 1 aliphatic rings. The first-order valence-corrected chi connectivity index (χ1v) is 9.94. The predicted molar refractivity (Wildman–Crippen MR) is 106 cm³/mol. The summed E-state index contributed by atoms with van der Waals surface area (Å²) in [6.07, 6.45) is 1.71. The number of methoxy groups -OCH3 is 1. The van der Waals surface area contributed by atoms with Gasteiger partial charge >= 0.3 is 13.1 Å². The zero-order valence-corrected chi connectivity index (χ0v) is 16.4. The molecule has 1 aromatic rings. The third kappa shape index (κ3) is 5.10. The lowest BCUT2D eigenvalue weighted by Crippen LogP contribution is -2.41. The van der Waals surface area contributed by atoms with Gasteiger partial charge in [-0.15, -0.1) is 0 Å². The molecule has 0 aliphatic carbocycles. The van der Waals surface area contributed by atoms with Gasteiger partial charge in [0.2, 0.25) is 5.91 Å². The highest BCUT2D eigenvalue weighted by Gasteiger charge is 2.31. The number of carbonyl (C=O) groups is 2. The van der Waals surface area contributed by atoms with Gasteiger partial charge in [0.1, 0.15) is 17.1 Å². The molecule has 1 heterocycles. The first kappa shape index (κ1) is 22.3. The Morgan fingerprint density at radius 1 is 1.43 bits per heavy atom. The molecule has 154 valence electrons. The van der Waals surface area contributed by atoms with Crippen molar-refractivity contribution in [2.45, 2.75) is 30.5 Å². The fraction of sp³-hybridized carbons (Fsp3) is 0.529.